The molecule has 3 nitrogen and oxygen atoms in total. The van der Waals surface area contributed by atoms with Gasteiger partial charge in [-0.2, -0.15) is 0 Å². The van der Waals surface area contributed by atoms with Crippen molar-refractivity contribution in [1.82, 2.24) is 9.88 Å². The number of piperidine rings is 1. The summed E-state index contributed by atoms with van der Waals surface area (Å²) in [6.45, 7) is 4.51. The Hall–Kier alpha value is -0.450. The zero-order valence-corrected chi connectivity index (χ0v) is 11.5. The minimum Gasteiger partial charge on any atom is -0.321 e. The van der Waals surface area contributed by atoms with Crippen molar-refractivity contribution in [1.29, 1.82) is 0 Å². The minimum absolute atomic E-state index is 0.0133. The first-order valence-corrected chi connectivity index (χ1v) is 7.35. The Bertz CT molecular complexity index is 422. The van der Waals surface area contributed by atoms with Crippen LogP contribution in [-0.4, -0.2) is 30.0 Å². The van der Waals surface area contributed by atoms with Crippen molar-refractivity contribution in [3.63, 3.8) is 0 Å². The summed E-state index contributed by atoms with van der Waals surface area (Å²) >= 11 is 1.87. The number of hydrogen-bond acceptors (Lipinski definition) is 4. The number of likely N-dealkylation sites (N-methyl/N-ethyl adjacent to an activating group) is 1. The average Bonchev–Trinajstić information content (AvgIpc) is 2.89. The Morgan fingerprint density at radius 1 is 1.47 bits per heavy atom. The summed E-state index contributed by atoms with van der Waals surface area (Å²) in [5.41, 5.74) is 7.46. The predicted octanol–water partition coefficient (Wildman–Crippen LogP) is 2.21. The first-order chi connectivity index (χ1) is 8.08. The Balaban J connectivity index is 1.83. The standard InChI is InChI=1S/C13H21N3S/c1-9-11(13(14)5-6-13)17-12(15-9)10-4-3-7-16(2)8-10/h10H,3-8,14H2,1-2H3. The van der Waals surface area contributed by atoms with Gasteiger partial charge in [-0.15, -0.1) is 11.3 Å². The van der Waals surface area contributed by atoms with Crippen molar-refractivity contribution in [3.05, 3.63) is 15.6 Å². The SMILES string of the molecule is Cc1nc(C2CCCN(C)C2)sc1C1(N)CC1. The van der Waals surface area contributed by atoms with Crippen LogP contribution in [0.5, 0.6) is 0 Å². The third kappa shape index (κ3) is 2.14. The number of hydrogen-bond donors (Lipinski definition) is 1. The van der Waals surface area contributed by atoms with E-state index in [9.17, 15) is 0 Å². The Labute approximate surface area is 107 Å². The van der Waals surface area contributed by atoms with Gasteiger partial charge in [0.25, 0.3) is 0 Å². The van der Waals surface area contributed by atoms with Crippen LogP contribution in [0.1, 0.15) is 47.2 Å². The molecule has 0 spiro atoms. The van der Waals surface area contributed by atoms with E-state index in [1.807, 2.05) is 11.3 Å². The lowest BCUT2D eigenvalue weighted by Crippen LogP contribution is -2.30. The molecule has 17 heavy (non-hydrogen) atoms. The molecule has 0 aromatic carbocycles. The number of likely N-dealkylation sites (tertiary alicyclic amines) is 1. The van der Waals surface area contributed by atoms with Crippen LogP contribution in [0.25, 0.3) is 0 Å². The van der Waals surface area contributed by atoms with Crippen LogP contribution in [0.15, 0.2) is 0 Å². The van der Waals surface area contributed by atoms with Gasteiger partial charge in [-0.05, 0) is 46.2 Å². The van der Waals surface area contributed by atoms with Crippen LogP contribution >= 0.6 is 11.3 Å². The molecule has 1 saturated carbocycles. The molecule has 1 aromatic rings. The van der Waals surface area contributed by atoms with Crippen LogP contribution in [0.3, 0.4) is 0 Å². The molecule has 2 aliphatic rings. The average molecular weight is 251 g/mol. The van der Waals surface area contributed by atoms with Gasteiger partial charge in [-0.1, -0.05) is 0 Å². The lowest BCUT2D eigenvalue weighted by Gasteiger charge is -2.28. The monoisotopic (exact) mass is 251 g/mol. The highest BCUT2D eigenvalue weighted by atomic mass is 32.1. The number of nitrogens with zero attached hydrogens (tertiary/aromatic N) is 2. The number of rotatable bonds is 2. The van der Waals surface area contributed by atoms with Crippen molar-refractivity contribution in [2.45, 2.75) is 44.1 Å². The second kappa shape index (κ2) is 4.04. The van der Waals surface area contributed by atoms with Crippen molar-refractivity contribution < 1.29 is 0 Å². The molecule has 1 aromatic heterocycles. The summed E-state index contributed by atoms with van der Waals surface area (Å²) in [7, 11) is 2.21. The quantitative estimate of drug-likeness (QED) is 0.876. The van der Waals surface area contributed by atoms with Crippen LogP contribution in [-0.2, 0) is 5.54 Å². The van der Waals surface area contributed by atoms with E-state index in [0.29, 0.717) is 5.92 Å². The van der Waals surface area contributed by atoms with Gasteiger partial charge in [0.1, 0.15) is 0 Å². The molecule has 94 valence electrons. The smallest absolute Gasteiger partial charge is 0.0975 e. The van der Waals surface area contributed by atoms with Gasteiger partial charge in [0.2, 0.25) is 0 Å². The van der Waals surface area contributed by atoms with Crippen LogP contribution < -0.4 is 5.73 Å². The molecule has 4 heteroatoms. The lowest BCUT2D eigenvalue weighted by atomic mass is 9.99. The molecule has 1 saturated heterocycles. The number of thiazole rings is 1. The Morgan fingerprint density at radius 3 is 2.88 bits per heavy atom. The van der Waals surface area contributed by atoms with Gasteiger partial charge in [0.15, 0.2) is 0 Å². The van der Waals surface area contributed by atoms with E-state index in [2.05, 4.69) is 18.9 Å². The number of aryl methyl sites for hydroxylation is 1. The van der Waals surface area contributed by atoms with Crippen LogP contribution in [0, 0.1) is 6.92 Å². The molecule has 1 unspecified atom stereocenters. The van der Waals surface area contributed by atoms with E-state index in [-0.39, 0.29) is 5.54 Å². The molecule has 3 rings (SSSR count). The van der Waals surface area contributed by atoms with E-state index in [1.54, 1.807) is 0 Å². The highest BCUT2D eigenvalue weighted by Crippen LogP contribution is 2.47. The molecule has 1 aliphatic carbocycles. The molecule has 0 radical (unpaired) electrons. The summed E-state index contributed by atoms with van der Waals surface area (Å²) < 4.78 is 0. The first-order valence-electron chi connectivity index (χ1n) is 6.54. The van der Waals surface area contributed by atoms with Crippen molar-refractivity contribution in [3.8, 4) is 0 Å². The Morgan fingerprint density at radius 2 is 2.24 bits per heavy atom. The Kier molecular flexibility index (Phi) is 2.76. The largest absolute Gasteiger partial charge is 0.321 e. The van der Waals surface area contributed by atoms with Gasteiger partial charge in [-0.25, -0.2) is 4.98 Å². The van der Waals surface area contributed by atoms with Gasteiger partial charge in [0.05, 0.1) is 16.2 Å². The third-order valence-electron chi connectivity index (χ3n) is 4.03. The molecule has 2 fully saturated rings. The van der Waals surface area contributed by atoms with Gasteiger partial charge in [-0.3, -0.25) is 0 Å². The van der Waals surface area contributed by atoms with Crippen LogP contribution in [0.4, 0.5) is 0 Å². The predicted molar refractivity (Wildman–Crippen MR) is 71.4 cm³/mol. The number of aromatic nitrogens is 1. The molecule has 0 amide bonds. The van der Waals surface area contributed by atoms with E-state index in [4.69, 9.17) is 10.7 Å². The van der Waals surface area contributed by atoms with E-state index in [0.717, 1.165) is 19.4 Å². The van der Waals surface area contributed by atoms with Crippen molar-refractivity contribution in [2.75, 3.05) is 20.1 Å². The highest BCUT2D eigenvalue weighted by molar-refractivity contribution is 7.12. The third-order valence-corrected chi connectivity index (χ3v) is 5.57. The fourth-order valence-corrected chi connectivity index (χ4v) is 4.14. The molecule has 0 bridgehead atoms. The summed E-state index contributed by atoms with van der Waals surface area (Å²) in [6.07, 6.45) is 4.86. The second-order valence-electron chi connectivity index (χ2n) is 5.72. The van der Waals surface area contributed by atoms with Gasteiger partial charge >= 0.3 is 0 Å². The molecule has 2 heterocycles. The maximum atomic E-state index is 6.30. The molecule has 1 atom stereocenters. The topological polar surface area (TPSA) is 42.2 Å². The van der Waals surface area contributed by atoms with Crippen molar-refractivity contribution >= 4 is 11.3 Å². The maximum absolute atomic E-state index is 6.30. The summed E-state index contributed by atoms with van der Waals surface area (Å²) in [6, 6.07) is 0. The minimum atomic E-state index is -0.0133. The van der Waals surface area contributed by atoms with E-state index < -0.39 is 0 Å². The van der Waals surface area contributed by atoms with Gasteiger partial charge < -0.3 is 10.6 Å². The summed E-state index contributed by atoms with van der Waals surface area (Å²) in [5.74, 6) is 0.633. The second-order valence-corrected chi connectivity index (χ2v) is 6.75. The van der Waals surface area contributed by atoms with E-state index >= 15 is 0 Å². The lowest BCUT2D eigenvalue weighted by molar-refractivity contribution is 0.250. The molecule has 1 aliphatic heterocycles. The summed E-state index contributed by atoms with van der Waals surface area (Å²) in [4.78, 5) is 8.55. The number of nitrogens with two attached hydrogens (primary N) is 1. The summed E-state index contributed by atoms with van der Waals surface area (Å²) in [5, 5.41) is 1.32. The molecule has 2 N–H and O–H groups in total. The first kappa shape index (κ1) is 11.6. The van der Waals surface area contributed by atoms with Crippen LogP contribution in [0.2, 0.25) is 0 Å². The fraction of sp³-hybridized carbons (Fsp3) is 0.769. The molecular formula is C13H21N3S. The zero-order valence-electron chi connectivity index (χ0n) is 10.7. The van der Waals surface area contributed by atoms with Crippen molar-refractivity contribution in [2.24, 2.45) is 5.73 Å². The highest BCUT2D eigenvalue weighted by Gasteiger charge is 2.43. The maximum Gasteiger partial charge on any atom is 0.0975 e. The zero-order chi connectivity index (χ0) is 12.0. The van der Waals surface area contributed by atoms with E-state index in [1.165, 1.54) is 35.0 Å². The van der Waals surface area contributed by atoms with Gasteiger partial charge in [0, 0.05) is 17.3 Å². The normalized spacial score (nSPS) is 28.3. The fourth-order valence-electron chi connectivity index (χ4n) is 2.78. The molecular weight excluding hydrogens is 230 g/mol.